The van der Waals surface area contributed by atoms with Gasteiger partial charge in [-0.15, -0.1) is 0 Å². The van der Waals surface area contributed by atoms with E-state index in [9.17, 15) is 14.4 Å². The Labute approximate surface area is 481 Å². The maximum absolute atomic E-state index is 12.9. The van der Waals surface area contributed by atoms with Crippen molar-refractivity contribution in [3.8, 4) is 0 Å². The summed E-state index contributed by atoms with van der Waals surface area (Å²) in [5.74, 6) is -0.950. The van der Waals surface area contributed by atoms with Gasteiger partial charge in [-0.25, -0.2) is 0 Å². The number of hydrogen-bond donors (Lipinski definition) is 0. The lowest BCUT2D eigenvalue weighted by molar-refractivity contribution is -0.167. The molecule has 0 amide bonds. The normalized spacial score (nSPS) is 13.0. The summed E-state index contributed by atoms with van der Waals surface area (Å²) in [7, 11) is 0. The molecule has 0 aromatic heterocycles. The van der Waals surface area contributed by atoms with Crippen LogP contribution < -0.4 is 0 Å². The van der Waals surface area contributed by atoms with Gasteiger partial charge in [-0.05, 0) is 135 Å². The van der Waals surface area contributed by atoms with Gasteiger partial charge in [0.15, 0.2) is 6.10 Å². The number of carbonyl (C=O) groups is 3. The summed E-state index contributed by atoms with van der Waals surface area (Å²) in [6.07, 6.45) is 91.6. The van der Waals surface area contributed by atoms with E-state index >= 15 is 0 Å². The lowest BCUT2D eigenvalue weighted by atomic mass is 10.1. The van der Waals surface area contributed by atoms with E-state index in [1.54, 1.807) is 0 Å². The van der Waals surface area contributed by atoms with Gasteiger partial charge in [0.2, 0.25) is 0 Å². The molecule has 1 atom stereocenters. The minimum Gasteiger partial charge on any atom is -0.462 e. The number of esters is 3. The van der Waals surface area contributed by atoms with Crippen molar-refractivity contribution in [2.75, 3.05) is 13.2 Å². The van der Waals surface area contributed by atoms with E-state index in [0.717, 1.165) is 141 Å². The average molecular weight is 1080 g/mol. The molecule has 0 rings (SSSR count). The number of rotatable bonds is 57. The van der Waals surface area contributed by atoms with Crippen molar-refractivity contribution in [2.24, 2.45) is 0 Å². The molecular formula is C72H118O6. The molecule has 0 bridgehead atoms. The third-order valence-corrected chi connectivity index (χ3v) is 13.4. The van der Waals surface area contributed by atoms with Crippen molar-refractivity contribution in [2.45, 2.75) is 290 Å². The first-order valence-corrected chi connectivity index (χ1v) is 32.2. The number of unbranched alkanes of at least 4 members (excludes halogenated alkanes) is 24. The third-order valence-electron chi connectivity index (χ3n) is 13.4. The molecule has 78 heavy (non-hydrogen) atoms. The zero-order valence-corrected chi connectivity index (χ0v) is 50.6. The number of ether oxygens (including phenoxy) is 3. The Morgan fingerprint density at radius 1 is 0.269 bits per heavy atom. The van der Waals surface area contributed by atoms with Gasteiger partial charge in [-0.3, -0.25) is 14.4 Å². The molecule has 0 N–H and O–H groups in total. The Balaban J connectivity index is 4.46. The molecule has 0 fully saturated rings. The van der Waals surface area contributed by atoms with Crippen LogP contribution in [0.25, 0.3) is 0 Å². The predicted octanol–water partition coefficient (Wildman–Crippen LogP) is 22.2. The van der Waals surface area contributed by atoms with Gasteiger partial charge in [-0.1, -0.05) is 264 Å². The van der Waals surface area contributed by atoms with Crippen LogP contribution in [0.1, 0.15) is 284 Å². The first-order chi connectivity index (χ1) is 38.5. The van der Waals surface area contributed by atoms with Crippen molar-refractivity contribution in [1.29, 1.82) is 0 Å². The van der Waals surface area contributed by atoms with Gasteiger partial charge in [0.1, 0.15) is 13.2 Å². The third kappa shape index (κ3) is 62.4. The standard InChI is InChI=1S/C72H118O6/c1-4-7-10-13-16-19-22-25-28-30-32-34-35-36-37-39-40-42-44-47-50-53-56-59-62-65-71(74)77-68-69(67-76-70(73)64-61-58-55-52-49-46-27-24-21-18-15-12-9-6-3)78-72(75)66-63-60-57-54-51-48-45-43-41-38-33-31-29-26-23-20-17-14-11-8-5-2/h7,10,15-16,18-19,23-28,31-34,36-37,40,42,47,50,69H,4-6,8-9,11-14,17,20-22,29-30,35,38-39,41,43-46,48-49,51-68H2,1-3H3/b10-7-,18-15-,19-16-,26-23-,27-24-,28-25-,33-31-,34-32-,37-36-,42-40-,50-47-. The number of hydrogen-bond acceptors (Lipinski definition) is 6. The van der Waals surface area contributed by atoms with Crippen LogP contribution in [0.2, 0.25) is 0 Å². The molecule has 0 aromatic rings. The fourth-order valence-electron chi connectivity index (χ4n) is 8.53. The minimum absolute atomic E-state index is 0.101. The zero-order valence-electron chi connectivity index (χ0n) is 50.6. The number of carbonyl (C=O) groups excluding carboxylic acids is 3. The van der Waals surface area contributed by atoms with Crippen molar-refractivity contribution < 1.29 is 28.6 Å². The monoisotopic (exact) mass is 1080 g/mol. The molecule has 0 spiro atoms. The molecule has 0 saturated heterocycles. The van der Waals surface area contributed by atoms with Gasteiger partial charge in [0.05, 0.1) is 0 Å². The molecule has 0 aliphatic rings. The van der Waals surface area contributed by atoms with Gasteiger partial charge in [0, 0.05) is 19.3 Å². The maximum Gasteiger partial charge on any atom is 0.306 e. The predicted molar refractivity (Wildman–Crippen MR) is 339 cm³/mol. The SMILES string of the molecule is CC/C=C\C/C=C\C/C=C\C/C=C\C/C=C\C/C=C\C/C=C\CCCCCC(=O)OCC(COC(=O)CCCCCCC/C=C\C/C=C\CCCC)OC(=O)CCCCCCCCCCC/C=C\C/C=C\CCCCCCC. The molecule has 1 unspecified atom stereocenters. The van der Waals surface area contributed by atoms with Crippen molar-refractivity contribution in [3.63, 3.8) is 0 Å². The Morgan fingerprint density at radius 3 is 0.833 bits per heavy atom. The van der Waals surface area contributed by atoms with E-state index in [2.05, 4.69) is 154 Å². The van der Waals surface area contributed by atoms with Crippen LogP contribution in [-0.2, 0) is 28.6 Å². The molecule has 0 aliphatic carbocycles. The maximum atomic E-state index is 12.9. The highest BCUT2D eigenvalue weighted by molar-refractivity contribution is 5.71. The molecule has 6 nitrogen and oxygen atoms in total. The highest BCUT2D eigenvalue weighted by atomic mass is 16.6. The van der Waals surface area contributed by atoms with E-state index in [0.29, 0.717) is 19.3 Å². The fraction of sp³-hybridized carbons (Fsp3) is 0.653. The van der Waals surface area contributed by atoms with E-state index in [1.807, 2.05) is 0 Å². The van der Waals surface area contributed by atoms with Crippen molar-refractivity contribution >= 4 is 17.9 Å². The first kappa shape index (κ1) is 73.5. The number of allylic oxidation sites excluding steroid dienone is 22. The summed E-state index contributed by atoms with van der Waals surface area (Å²) in [5, 5.41) is 0. The highest BCUT2D eigenvalue weighted by Gasteiger charge is 2.19. The lowest BCUT2D eigenvalue weighted by Crippen LogP contribution is -2.30. The quantitative estimate of drug-likeness (QED) is 0.0261. The van der Waals surface area contributed by atoms with Crippen molar-refractivity contribution in [1.82, 2.24) is 0 Å². The van der Waals surface area contributed by atoms with Crippen LogP contribution in [-0.4, -0.2) is 37.2 Å². The van der Waals surface area contributed by atoms with Crippen molar-refractivity contribution in [3.05, 3.63) is 134 Å². The van der Waals surface area contributed by atoms with E-state index in [-0.39, 0.29) is 31.1 Å². The van der Waals surface area contributed by atoms with Crippen LogP contribution in [0.15, 0.2) is 134 Å². The topological polar surface area (TPSA) is 78.9 Å². The second-order valence-electron chi connectivity index (χ2n) is 20.9. The average Bonchev–Trinajstić information content (AvgIpc) is 3.44. The molecule has 0 aromatic carbocycles. The van der Waals surface area contributed by atoms with E-state index < -0.39 is 6.10 Å². The van der Waals surface area contributed by atoms with Gasteiger partial charge >= 0.3 is 17.9 Å². The van der Waals surface area contributed by atoms with Gasteiger partial charge in [-0.2, -0.15) is 0 Å². The van der Waals surface area contributed by atoms with Crippen LogP contribution in [0.4, 0.5) is 0 Å². The zero-order chi connectivity index (χ0) is 56.4. The molecule has 0 radical (unpaired) electrons. The molecule has 442 valence electrons. The van der Waals surface area contributed by atoms with E-state index in [4.69, 9.17) is 14.2 Å². The summed E-state index contributed by atoms with van der Waals surface area (Å²) in [6, 6.07) is 0. The Morgan fingerprint density at radius 2 is 0.513 bits per heavy atom. The Kier molecular flexibility index (Phi) is 61.4. The molecule has 0 heterocycles. The van der Waals surface area contributed by atoms with E-state index in [1.165, 1.54) is 103 Å². The summed E-state index contributed by atoms with van der Waals surface area (Å²) in [6.45, 7) is 6.44. The second kappa shape index (κ2) is 65.1. The summed E-state index contributed by atoms with van der Waals surface area (Å²) < 4.78 is 16.9. The summed E-state index contributed by atoms with van der Waals surface area (Å²) >= 11 is 0. The minimum atomic E-state index is -0.807. The Bertz CT molecular complexity index is 1670. The summed E-state index contributed by atoms with van der Waals surface area (Å²) in [4.78, 5) is 38.3. The lowest BCUT2D eigenvalue weighted by Gasteiger charge is -2.18. The van der Waals surface area contributed by atoms with Crippen LogP contribution in [0, 0.1) is 0 Å². The largest absolute Gasteiger partial charge is 0.462 e. The molecular weight excluding hydrogens is 961 g/mol. The van der Waals surface area contributed by atoms with Crippen LogP contribution in [0.5, 0.6) is 0 Å². The highest BCUT2D eigenvalue weighted by Crippen LogP contribution is 2.15. The first-order valence-electron chi connectivity index (χ1n) is 32.2. The van der Waals surface area contributed by atoms with Gasteiger partial charge in [0.25, 0.3) is 0 Å². The molecule has 0 saturated carbocycles. The second-order valence-corrected chi connectivity index (χ2v) is 20.9. The van der Waals surface area contributed by atoms with Crippen LogP contribution in [0.3, 0.4) is 0 Å². The Hall–Kier alpha value is -4.45. The van der Waals surface area contributed by atoms with Gasteiger partial charge < -0.3 is 14.2 Å². The smallest absolute Gasteiger partial charge is 0.306 e. The molecule has 0 aliphatic heterocycles. The summed E-state index contributed by atoms with van der Waals surface area (Å²) in [5.41, 5.74) is 0. The molecule has 6 heteroatoms. The fourth-order valence-corrected chi connectivity index (χ4v) is 8.53. The van der Waals surface area contributed by atoms with Crippen LogP contribution >= 0.6 is 0 Å².